The Kier molecular flexibility index (Phi) is 6.50. The van der Waals surface area contributed by atoms with Gasteiger partial charge < -0.3 is 19.3 Å². The van der Waals surface area contributed by atoms with Crippen molar-refractivity contribution in [3.05, 3.63) is 95.8 Å². The second-order valence-electron chi connectivity index (χ2n) is 7.69. The quantitative estimate of drug-likeness (QED) is 0.342. The number of methoxy groups -OCH3 is 2. The highest BCUT2D eigenvalue weighted by atomic mass is 19.1. The average molecular weight is 445 g/mol. The number of rotatable bonds is 7. The molecule has 4 rings (SSSR count). The first kappa shape index (κ1) is 22.2. The molecule has 0 aliphatic heterocycles. The average Bonchev–Trinajstić information content (AvgIpc) is 2.84. The molecule has 0 aromatic heterocycles. The number of ether oxygens (including phenoxy) is 3. The number of hydrogen-bond acceptors (Lipinski definition) is 4. The van der Waals surface area contributed by atoms with Crippen molar-refractivity contribution in [1.82, 2.24) is 0 Å². The highest BCUT2D eigenvalue weighted by Crippen LogP contribution is 2.49. The van der Waals surface area contributed by atoms with E-state index in [0.717, 1.165) is 11.1 Å². The molecule has 0 amide bonds. The summed E-state index contributed by atoms with van der Waals surface area (Å²) in [6, 6.07) is 23.4. The third kappa shape index (κ3) is 4.77. The molecule has 33 heavy (non-hydrogen) atoms. The maximum absolute atomic E-state index is 13.4. The normalized spacial score (nSPS) is 10.7. The van der Waals surface area contributed by atoms with Crippen molar-refractivity contribution < 1.29 is 23.7 Å². The summed E-state index contributed by atoms with van der Waals surface area (Å²) in [4.78, 5) is 0. The molecule has 4 aromatic carbocycles. The van der Waals surface area contributed by atoms with Crippen LogP contribution in [0.25, 0.3) is 22.3 Å². The van der Waals surface area contributed by atoms with Crippen molar-refractivity contribution in [2.75, 3.05) is 14.2 Å². The molecule has 0 radical (unpaired) electrons. The lowest BCUT2D eigenvalue weighted by Crippen LogP contribution is -1.97. The molecule has 0 unspecified atom stereocenters. The number of hydrogen-bond donors (Lipinski definition) is 1. The van der Waals surface area contributed by atoms with Crippen LogP contribution in [-0.4, -0.2) is 19.3 Å². The Morgan fingerprint density at radius 3 is 2.03 bits per heavy atom. The monoisotopic (exact) mass is 444 g/mol. The zero-order chi connectivity index (χ0) is 23.4. The van der Waals surface area contributed by atoms with E-state index >= 15 is 0 Å². The van der Waals surface area contributed by atoms with E-state index in [0.29, 0.717) is 34.8 Å². The van der Waals surface area contributed by atoms with Gasteiger partial charge in [-0.3, -0.25) is 0 Å². The van der Waals surface area contributed by atoms with Crippen molar-refractivity contribution in [1.29, 1.82) is 0 Å². The lowest BCUT2D eigenvalue weighted by atomic mass is 9.96. The summed E-state index contributed by atoms with van der Waals surface area (Å²) in [5.41, 5.74) is 4.85. The first-order valence-electron chi connectivity index (χ1n) is 10.5. The maximum atomic E-state index is 13.4. The standard InChI is InChI=1S/C28H25FO4/c1-18-4-6-19(7-5-18)17-33-23-14-10-21(11-15-23)26-25(31-2)16-24(28(32-3)27(26)30)20-8-12-22(29)13-9-20/h4-16,30H,17H2,1-3H3. The van der Waals surface area contributed by atoms with E-state index in [-0.39, 0.29) is 17.3 Å². The minimum atomic E-state index is -0.338. The Labute approximate surface area is 192 Å². The molecule has 0 heterocycles. The van der Waals surface area contributed by atoms with E-state index in [9.17, 15) is 9.50 Å². The van der Waals surface area contributed by atoms with Gasteiger partial charge in [0.1, 0.15) is 23.9 Å². The molecule has 168 valence electrons. The zero-order valence-corrected chi connectivity index (χ0v) is 18.8. The van der Waals surface area contributed by atoms with Gasteiger partial charge in [-0.1, -0.05) is 54.1 Å². The minimum absolute atomic E-state index is 0.0514. The van der Waals surface area contributed by atoms with Crippen LogP contribution in [0.5, 0.6) is 23.0 Å². The lowest BCUT2D eigenvalue weighted by molar-refractivity contribution is 0.306. The van der Waals surface area contributed by atoms with Crippen molar-refractivity contribution in [2.24, 2.45) is 0 Å². The summed E-state index contributed by atoms with van der Waals surface area (Å²) in [7, 11) is 3.03. The topological polar surface area (TPSA) is 47.9 Å². The summed E-state index contributed by atoms with van der Waals surface area (Å²) in [6.45, 7) is 2.52. The summed E-state index contributed by atoms with van der Waals surface area (Å²) in [5.74, 6) is 1.09. The van der Waals surface area contributed by atoms with Gasteiger partial charge in [0.25, 0.3) is 0 Å². The number of aryl methyl sites for hydroxylation is 1. The van der Waals surface area contributed by atoms with Gasteiger partial charge in [-0.2, -0.15) is 0 Å². The van der Waals surface area contributed by atoms with Crippen LogP contribution in [0.15, 0.2) is 78.9 Å². The fourth-order valence-corrected chi connectivity index (χ4v) is 3.69. The van der Waals surface area contributed by atoms with Gasteiger partial charge in [-0.15, -0.1) is 0 Å². The summed E-state index contributed by atoms with van der Waals surface area (Å²) in [5, 5.41) is 11.1. The number of phenolic OH excluding ortho intramolecular Hbond substituents is 1. The summed E-state index contributed by atoms with van der Waals surface area (Å²) >= 11 is 0. The number of aromatic hydroxyl groups is 1. The predicted molar refractivity (Wildman–Crippen MR) is 128 cm³/mol. The van der Waals surface area contributed by atoms with Gasteiger partial charge in [0.15, 0.2) is 11.5 Å². The Morgan fingerprint density at radius 1 is 0.788 bits per heavy atom. The van der Waals surface area contributed by atoms with Crippen LogP contribution in [0.1, 0.15) is 11.1 Å². The van der Waals surface area contributed by atoms with Crippen molar-refractivity contribution in [2.45, 2.75) is 13.5 Å². The maximum Gasteiger partial charge on any atom is 0.170 e. The fourth-order valence-electron chi connectivity index (χ4n) is 3.69. The van der Waals surface area contributed by atoms with Gasteiger partial charge in [0.05, 0.1) is 19.8 Å². The number of phenols is 1. The highest BCUT2D eigenvalue weighted by molar-refractivity contribution is 5.87. The molecular formula is C28H25FO4. The van der Waals surface area contributed by atoms with Gasteiger partial charge in [-0.05, 0) is 53.9 Å². The van der Waals surface area contributed by atoms with Crippen LogP contribution in [0.4, 0.5) is 4.39 Å². The van der Waals surface area contributed by atoms with Crippen molar-refractivity contribution in [3.8, 4) is 45.3 Å². The molecule has 0 fully saturated rings. The smallest absolute Gasteiger partial charge is 0.170 e. The molecular weight excluding hydrogens is 419 g/mol. The van der Waals surface area contributed by atoms with Gasteiger partial charge in [0.2, 0.25) is 0 Å². The predicted octanol–water partition coefficient (Wildman–Crippen LogP) is 6.77. The zero-order valence-electron chi connectivity index (χ0n) is 18.8. The SMILES string of the molecule is COc1cc(-c2ccc(F)cc2)c(OC)c(O)c1-c1ccc(OCc2ccc(C)cc2)cc1. The summed E-state index contributed by atoms with van der Waals surface area (Å²) in [6.07, 6.45) is 0. The largest absolute Gasteiger partial charge is 0.504 e. The van der Waals surface area contributed by atoms with E-state index < -0.39 is 0 Å². The molecule has 0 aliphatic carbocycles. The molecule has 0 saturated carbocycles. The van der Waals surface area contributed by atoms with Crippen molar-refractivity contribution in [3.63, 3.8) is 0 Å². The Morgan fingerprint density at radius 2 is 1.42 bits per heavy atom. The molecule has 0 saturated heterocycles. The van der Waals surface area contributed by atoms with Crippen LogP contribution in [0.2, 0.25) is 0 Å². The molecule has 0 atom stereocenters. The van der Waals surface area contributed by atoms with E-state index in [1.807, 2.05) is 43.3 Å². The molecule has 4 nitrogen and oxygen atoms in total. The van der Waals surface area contributed by atoms with Crippen LogP contribution in [-0.2, 0) is 6.61 Å². The lowest BCUT2D eigenvalue weighted by Gasteiger charge is -2.18. The third-order valence-electron chi connectivity index (χ3n) is 5.47. The first-order chi connectivity index (χ1) is 16.0. The van der Waals surface area contributed by atoms with E-state index in [2.05, 4.69) is 12.1 Å². The second kappa shape index (κ2) is 9.65. The highest BCUT2D eigenvalue weighted by Gasteiger charge is 2.21. The third-order valence-corrected chi connectivity index (χ3v) is 5.47. The molecule has 0 spiro atoms. The second-order valence-corrected chi connectivity index (χ2v) is 7.69. The Balaban J connectivity index is 1.65. The molecule has 4 aromatic rings. The molecule has 5 heteroatoms. The minimum Gasteiger partial charge on any atom is -0.504 e. The van der Waals surface area contributed by atoms with E-state index in [4.69, 9.17) is 14.2 Å². The van der Waals surface area contributed by atoms with Crippen molar-refractivity contribution >= 4 is 0 Å². The fraction of sp³-hybridized carbons (Fsp3) is 0.143. The first-order valence-corrected chi connectivity index (χ1v) is 10.5. The van der Waals surface area contributed by atoms with Gasteiger partial charge in [-0.25, -0.2) is 4.39 Å². The van der Waals surface area contributed by atoms with Gasteiger partial charge >= 0.3 is 0 Å². The Bertz CT molecular complexity index is 1230. The van der Waals surface area contributed by atoms with Crippen LogP contribution >= 0.6 is 0 Å². The van der Waals surface area contributed by atoms with Crippen LogP contribution < -0.4 is 14.2 Å². The van der Waals surface area contributed by atoms with Crippen LogP contribution in [0, 0.1) is 12.7 Å². The number of benzene rings is 4. The molecule has 0 aliphatic rings. The molecule has 1 N–H and O–H groups in total. The van der Waals surface area contributed by atoms with E-state index in [1.54, 1.807) is 18.2 Å². The van der Waals surface area contributed by atoms with Gasteiger partial charge in [0, 0.05) is 5.56 Å². The Hall–Kier alpha value is -3.99. The van der Waals surface area contributed by atoms with Crippen LogP contribution in [0.3, 0.4) is 0 Å². The number of halogens is 1. The summed E-state index contributed by atoms with van der Waals surface area (Å²) < 4.78 is 30.4. The van der Waals surface area contributed by atoms with E-state index in [1.165, 1.54) is 31.9 Å². The molecule has 0 bridgehead atoms.